The van der Waals surface area contributed by atoms with E-state index in [2.05, 4.69) is 24.5 Å². The van der Waals surface area contributed by atoms with Gasteiger partial charge in [0.2, 0.25) is 5.91 Å². The van der Waals surface area contributed by atoms with Crippen LogP contribution in [0, 0.1) is 5.41 Å². The van der Waals surface area contributed by atoms with Crippen molar-refractivity contribution in [3.8, 4) is 0 Å². The summed E-state index contributed by atoms with van der Waals surface area (Å²) < 4.78 is 0. The predicted octanol–water partition coefficient (Wildman–Crippen LogP) is 1.24. The molecule has 1 fully saturated rings. The van der Waals surface area contributed by atoms with Gasteiger partial charge in [0.15, 0.2) is 0 Å². The Morgan fingerprint density at radius 1 is 1.53 bits per heavy atom. The second-order valence-corrected chi connectivity index (χ2v) is 6.11. The van der Waals surface area contributed by atoms with Gasteiger partial charge in [-0.3, -0.25) is 4.79 Å². The van der Waals surface area contributed by atoms with Crippen molar-refractivity contribution < 1.29 is 4.79 Å². The first kappa shape index (κ1) is 12.8. The van der Waals surface area contributed by atoms with Gasteiger partial charge in [-0.05, 0) is 24.5 Å². The highest BCUT2D eigenvalue weighted by Crippen LogP contribution is 2.33. The van der Waals surface area contributed by atoms with Gasteiger partial charge in [0.25, 0.3) is 0 Å². The number of hydrogen-bond acceptors (Lipinski definition) is 3. The Balaban J connectivity index is 2.41. The Morgan fingerprint density at radius 2 is 2.20 bits per heavy atom. The molecule has 0 aliphatic carbocycles. The molecule has 0 aromatic heterocycles. The summed E-state index contributed by atoms with van der Waals surface area (Å²) in [7, 11) is 1.68. The number of nitrogens with one attached hydrogen (secondary N) is 2. The van der Waals surface area contributed by atoms with Crippen molar-refractivity contribution in [3.63, 3.8) is 0 Å². The fourth-order valence-electron chi connectivity index (χ4n) is 2.02. The molecule has 2 unspecified atom stereocenters. The molecule has 1 heterocycles. The van der Waals surface area contributed by atoms with E-state index < -0.39 is 0 Å². The number of carbonyl (C=O) groups excluding carboxylic acids is 1. The molecule has 3 nitrogen and oxygen atoms in total. The van der Waals surface area contributed by atoms with Crippen LogP contribution in [0.5, 0.6) is 0 Å². The quantitative estimate of drug-likeness (QED) is 0.766. The van der Waals surface area contributed by atoms with E-state index in [4.69, 9.17) is 0 Å². The Kier molecular flexibility index (Phi) is 4.46. The molecular formula is C11H22N2OS. The number of likely N-dealkylation sites (N-methyl/N-ethyl adjacent to an activating group) is 1. The van der Waals surface area contributed by atoms with Crippen LogP contribution in [0.1, 0.15) is 27.2 Å². The highest BCUT2D eigenvalue weighted by Gasteiger charge is 2.29. The monoisotopic (exact) mass is 230 g/mol. The van der Waals surface area contributed by atoms with Gasteiger partial charge in [-0.1, -0.05) is 13.8 Å². The van der Waals surface area contributed by atoms with Gasteiger partial charge in [-0.2, -0.15) is 11.8 Å². The average Bonchev–Trinajstić information content (AvgIpc) is 2.14. The lowest BCUT2D eigenvalue weighted by atomic mass is 9.87. The molecule has 0 spiro atoms. The molecule has 0 radical (unpaired) electrons. The zero-order chi connectivity index (χ0) is 11.5. The number of rotatable bonds is 3. The van der Waals surface area contributed by atoms with Crippen molar-refractivity contribution in [1.82, 2.24) is 10.6 Å². The van der Waals surface area contributed by atoms with E-state index in [0.29, 0.717) is 11.5 Å². The van der Waals surface area contributed by atoms with Crippen LogP contribution in [0.2, 0.25) is 0 Å². The van der Waals surface area contributed by atoms with Gasteiger partial charge >= 0.3 is 0 Å². The summed E-state index contributed by atoms with van der Waals surface area (Å²) in [6, 6.07) is 0.376. The van der Waals surface area contributed by atoms with Crippen molar-refractivity contribution in [3.05, 3.63) is 0 Å². The minimum absolute atomic E-state index is 0.0726. The molecule has 88 valence electrons. The van der Waals surface area contributed by atoms with Gasteiger partial charge in [-0.25, -0.2) is 0 Å². The van der Waals surface area contributed by atoms with E-state index in [-0.39, 0.29) is 11.9 Å². The third-order valence-corrected chi connectivity index (χ3v) is 4.36. The van der Waals surface area contributed by atoms with Crippen molar-refractivity contribution in [2.75, 3.05) is 18.6 Å². The standard InChI is InChI=1S/C11H22N2OS/c1-8(10(14)12-4)13-9-5-11(2,3)7-15-6-9/h8-9,13H,5-7H2,1-4H3,(H,12,14). The zero-order valence-corrected chi connectivity index (χ0v) is 10.9. The number of hydrogen-bond donors (Lipinski definition) is 2. The van der Waals surface area contributed by atoms with Gasteiger partial charge in [0.1, 0.15) is 0 Å². The van der Waals surface area contributed by atoms with E-state index in [1.165, 1.54) is 5.75 Å². The highest BCUT2D eigenvalue weighted by molar-refractivity contribution is 7.99. The van der Waals surface area contributed by atoms with Crippen molar-refractivity contribution >= 4 is 17.7 Å². The molecular weight excluding hydrogens is 208 g/mol. The molecule has 1 aliphatic rings. The van der Waals surface area contributed by atoms with Crippen LogP contribution in [0.15, 0.2) is 0 Å². The van der Waals surface area contributed by atoms with Crippen molar-refractivity contribution in [2.24, 2.45) is 5.41 Å². The minimum Gasteiger partial charge on any atom is -0.358 e. The third-order valence-electron chi connectivity index (χ3n) is 2.74. The predicted molar refractivity (Wildman–Crippen MR) is 66.2 cm³/mol. The Morgan fingerprint density at radius 3 is 2.73 bits per heavy atom. The zero-order valence-electron chi connectivity index (χ0n) is 10.1. The minimum atomic E-state index is -0.0884. The Labute approximate surface area is 96.8 Å². The molecule has 1 rings (SSSR count). The van der Waals surface area contributed by atoms with Crippen LogP contribution in [0.4, 0.5) is 0 Å². The summed E-state index contributed by atoms with van der Waals surface area (Å²) in [6.45, 7) is 6.50. The maximum absolute atomic E-state index is 11.4. The Bertz CT molecular complexity index is 231. The molecule has 0 saturated carbocycles. The normalized spacial score (nSPS) is 27.1. The maximum atomic E-state index is 11.4. The lowest BCUT2D eigenvalue weighted by Gasteiger charge is -2.36. The summed E-state index contributed by atoms with van der Waals surface area (Å²) in [6.07, 6.45) is 1.15. The lowest BCUT2D eigenvalue weighted by Crippen LogP contribution is -2.49. The SMILES string of the molecule is CNC(=O)C(C)NC1CSCC(C)(C)C1. The molecule has 1 saturated heterocycles. The molecule has 2 atom stereocenters. The van der Waals surface area contributed by atoms with Crippen LogP contribution < -0.4 is 10.6 Å². The van der Waals surface area contributed by atoms with Gasteiger partial charge in [0, 0.05) is 18.8 Å². The fraction of sp³-hybridized carbons (Fsp3) is 0.909. The van der Waals surface area contributed by atoms with Crippen LogP contribution in [-0.4, -0.2) is 36.5 Å². The van der Waals surface area contributed by atoms with E-state index >= 15 is 0 Å². The number of carbonyl (C=O) groups is 1. The van der Waals surface area contributed by atoms with E-state index in [1.807, 2.05) is 18.7 Å². The summed E-state index contributed by atoms with van der Waals surface area (Å²) in [5, 5.41) is 6.06. The smallest absolute Gasteiger partial charge is 0.236 e. The lowest BCUT2D eigenvalue weighted by molar-refractivity contribution is -0.122. The molecule has 0 bridgehead atoms. The van der Waals surface area contributed by atoms with Crippen molar-refractivity contribution in [1.29, 1.82) is 0 Å². The van der Waals surface area contributed by atoms with E-state index in [1.54, 1.807) is 7.05 Å². The molecule has 15 heavy (non-hydrogen) atoms. The van der Waals surface area contributed by atoms with E-state index in [9.17, 15) is 4.79 Å². The first-order valence-corrected chi connectivity index (χ1v) is 6.65. The molecule has 0 aromatic carbocycles. The number of amides is 1. The van der Waals surface area contributed by atoms with E-state index in [0.717, 1.165) is 12.2 Å². The highest BCUT2D eigenvalue weighted by atomic mass is 32.2. The van der Waals surface area contributed by atoms with Gasteiger partial charge in [-0.15, -0.1) is 0 Å². The topological polar surface area (TPSA) is 41.1 Å². The van der Waals surface area contributed by atoms with Crippen LogP contribution in [0.25, 0.3) is 0 Å². The second-order valence-electron chi connectivity index (χ2n) is 5.08. The molecule has 4 heteroatoms. The molecule has 0 aromatic rings. The fourth-order valence-corrected chi connectivity index (χ4v) is 3.30. The van der Waals surface area contributed by atoms with Gasteiger partial charge in [0.05, 0.1) is 6.04 Å². The third kappa shape index (κ3) is 4.03. The maximum Gasteiger partial charge on any atom is 0.236 e. The molecule has 1 aliphatic heterocycles. The van der Waals surface area contributed by atoms with Gasteiger partial charge < -0.3 is 10.6 Å². The molecule has 2 N–H and O–H groups in total. The van der Waals surface area contributed by atoms with Crippen LogP contribution in [-0.2, 0) is 4.79 Å². The first-order valence-electron chi connectivity index (χ1n) is 5.50. The molecule has 1 amide bonds. The Hall–Kier alpha value is -0.220. The summed E-state index contributed by atoms with van der Waals surface area (Å²) in [4.78, 5) is 11.4. The van der Waals surface area contributed by atoms with Crippen LogP contribution in [0.3, 0.4) is 0 Å². The van der Waals surface area contributed by atoms with Crippen LogP contribution >= 0.6 is 11.8 Å². The summed E-state index contributed by atoms with van der Waals surface area (Å²) in [5.41, 5.74) is 0.392. The second kappa shape index (κ2) is 5.21. The largest absolute Gasteiger partial charge is 0.358 e. The first-order chi connectivity index (χ1) is 6.94. The summed E-state index contributed by atoms with van der Waals surface area (Å²) >= 11 is 1.98. The number of thioether (sulfide) groups is 1. The summed E-state index contributed by atoms with van der Waals surface area (Å²) in [5.74, 6) is 2.41. The van der Waals surface area contributed by atoms with Crippen molar-refractivity contribution in [2.45, 2.75) is 39.3 Å². The average molecular weight is 230 g/mol.